The van der Waals surface area contributed by atoms with Gasteiger partial charge < -0.3 is 25.3 Å². The zero-order chi connectivity index (χ0) is 19.1. The average Bonchev–Trinajstić information content (AvgIpc) is 2.63. The first-order valence-corrected chi connectivity index (χ1v) is 8.15. The average molecular weight is 379 g/mol. The second-order valence-corrected chi connectivity index (χ2v) is 5.53. The number of methoxy groups -OCH3 is 1. The van der Waals surface area contributed by atoms with Crippen molar-refractivity contribution in [1.82, 2.24) is 0 Å². The third-order valence-corrected chi connectivity index (χ3v) is 3.66. The van der Waals surface area contributed by atoms with Gasteiger partial charge in [0.1, 0.15) is 17.1 Å². The van der Waals surface area contributed by atoms with E-state index in [2.05, 4.69) is 5.32 Å². The lowest BCUT2D eigenvalue weighted by Gasteiger charge is -2.12. The molecule has 2 aromatic rings. The number of para-hydroxylation sites is 2. The molecule has 0 heterocycles. The molecule has 138 valence electrons. The molecule has 0 aliphatic carbocycles. The van der Waals surface area contributed by atoms with Gasteiger partial charge in [0.25, 0.3) is 5.91 Å². The number of ether oxygens (including phenoxy) is 3. The Morgan fingerprint density at radius 1 is 1.19 bits per heavy atom. The maximum atomic E-state index is 12.2. The molecule has 0 unspecified atom stereocenters. The fourth-order valence-electron chi connectivity index (χ4n) is 2.14. The minimum Gasteiger partial charge on any atom is -0.496 e. The lowest BCUT2D eigenvalue weighted by molar-refractivity contribution is -0.119. The molecule has 8 heteroatoms. The molecule has 7 nitrogen and oxygen atoms in total. The van der Waals surface area contributed by atoms with Crippen LogP contribution in [0.5, 0.6) is 11.5 Å². The van der Waals surface area contributed by atoms with Gasteiger partial charge in [-0.05, 0) is 25.1 Å². The van der Waals surface area contributed by atoms with E-state index >= 15 is 0 Å². The summed E-state index contributed by atoms with van der Waals surface area (Å²) in [6, 6.07) is 9.71. The van der Waals surface area contributed by atoms with E-state index in [0.29, 0.717) is 18.0 Å². The van der Waals surface area contributed by atoms with Crippen molar-refractivity contribution in [3.8, 4) is 11.5 Å². The van der Waals surface area contributed by atoms with Gasteiger partial charge in [-0.3, -0.25) is 4.79 Å². The lowest BCUT2D eigenvalue weighted by Crippen LogP contribution is -2.21. The Morgan fingerprint density at radius 3 is 2.62 bits per heavy atom. The first-order valence-electron chi connectivity index (χ1n) is 7.78. The highest BCUT2D eigenvalue weighted by atomic mass is 35.5. The quantitative estimate of drug-likeness (QED) is 0.567. The Hall–Kier alpha value is -2.93. The minimum atomic E-state index is -0.753. The van der Waals surface area contributed by atoms with Gasteiger partial charge in [0, 0.05) is 6.07 Å². The number of nitrogens with one attached hydrogen (secondary N) is 1. The van der Waals surface area contributed by atoms with Crippen LogP contribution in [0.15, 0.2) is 36.4 Å². The molecule has 0 bridgehead atoms. The van der Waals surface area contributed by atoms with Crippen LogP contribution in [0.2, 0.25) is 5.02 Å². The van der Waals surface area contributed by atoms with Crippen molar-refractivity contribution in [3.63, 3.8) is 0 Å². The van der Waals surface area contributed by atoms with Crippen LogP contribution in [-0.2, 0) is 9.53 Å². The molecule has 0 aromatic heterocycles. The number of amides is 1. The number of nitrogens with two attached hydrogens (primary N) is 1. The molecule has 2 rings (SSSR count). The van der Waals surface area contributed by atoms with Crippen LogP contribution < -0.4 is 20.5 Å². The number of esters is 1. The maximum absolute atomic E-state index is 12.2. The highest BCUT2D eigenvalue weighted by Crippen LogP contribution is 2.29. The van der Waals surface area contributed by atoms with Gasteiger partial charge in [0.2, 0.25) is 0 Å². The van der Waals surface area contributed by atoms with Gasteiger partial charge in [0.15, 0.2) is 6.61 Å². The van der Waals surface area contributed by atoms with E-state index in [1.807, 2.05) is 6.92 Å². The van der Waals surface area contributed by atoms with E-state index in [4.69, 9.17) is 31.5 Å². The number of hydrogen-bond acceptors (Lipinski definition) is 6. The second kappa shape index (κ2) is 8.96. The molecule has 0 aliphatic heterocycles. The summed E-state index contributed by atoms with van der Waals surface area (Å²) in [5.74, 6) is -0.524. The van der Waals surface area contributed by atoms with E-state index in [0.717, 1.165) is 0 Å². The number of nitrogen functional groups attached to an aromatic ring is 1. The number of carbonyl (C=O) groups excluding carboxylic acids is 2. The molecular weight excluding hydrogens is 360 g/mol. The van der Waals surface area contributed by atoms with Crippen molar-refractivity contribution >= 4 is 34.9 Å². The molecule has 0 saturated carbocycles. The predicted octanol–water partition coefficient (Wildman–Crippen LogP) is 3.13. The monoisotopic (exact) mass is 378 g/mol. The summed E-state index contributed by atoms with van der Waals surface area (Å²) in [5, 5.41) is 2.82. The highest BCUT2D eigenvalue weighted by Gasteiger charge is 2.18. The second-order valence-electron chi connectivity index (χ2n) is 5.13. The van der Waals surface area contributed by atoms with E-state index in [1.165, 1.54) is 19.2 Å². The summed E-state index contributed by atoms with van der Waals surface area (Å²) >= 11 is 5.92. The Labute approximate surface area is 156 Å². The molecule has 0 radical (unpaired) electrons. The van der Waals surface area contributed by atoms with E-state index in [1.54, 1.807) is 24.3 Å². The summed E-state index contributed by atoms with van der Waals surface area (Å²) in [6.07, 6.45) is 0. The molecule has 3 N–H and O–H groups in total. The van der Waals surface area contributed by atoms with Gasteiger partial charge in [-0.1, -0.05) is 23.7 Å². The molecule has 0 aliphatic rings. The third-order valence-electron chi connectivity index (χ3n) is 3.33. The first kappa shape index (κ1) is 19.4. The van der Waals surface area contributed by atoms with Crippen LogP contribution >= 0.6 is 11.6 Å². The molecule has 0 fully saturated rings. The molecule has 0 saturated heterocycles. The summed E-state index contributed by atoms with van der Waals surface area (Å²) in [4.78, 5) is 24.3. The number of hydrogen-bond donors (Lipinski definition) is 2. The van der Waals surface area contributed by atoms with Gasteiger partial charge in [-0.25, -0.2) is 4.79 Å². The number of benzene rings is 2. The van der Waals surface area contributed by atoms with E-state index in [9.17, 15) is 9.59 Å². The van der Waals surface area contributed by atoms with Crippen LogP contribution in [0, 0.1) is 0 Å². The minimum absolute atomic E-state index is 0.0780. The van der Waals surface area contributed by atoms with Gasteiger partial charge in [-0.15, -0.1) is 0 Å². The summed E-state index contributed by atoms with van der Waals surface area (Å²) in [6.45, 7) is 1.81. The van der Waals surface area contributed by atoms with Crippen molar-refractivity contribution in [1.29, 1.82) is 0 Å². The summed E-state index contributed by atoms with van der Waals surface area (Å²) in [7, 11) is 1.39. The van der Waals surface area contributed by atoms with E-state index < -0.39 is 18.5 Å². The molecule has 2 aromatic carbocycles. The Balaban J connectivity index is 2.02. The van der Waals surface area contributed by atoms with Gasteiger partial charge >= 0.3 is 5.97 Å². The number of anilines is 2. The lowest BCUT2D eigenvalue weighted by atomic mass is 10.2. The normalized spacial score (nSPS) is 10.1. The maximum Gasteiger partial charge on any atom is 0.342 e. The topological polar surface area (TPSA) is 99.9 Å². The largest absolute Gasteiger partial charge is 0.496 e. The van der Waals surface area contributed by atoms with E-state index in [-0.39, 0.29) is 22.0 Å². The Bertz CT molecular complexity index is 810. The fourth-order valence-corrected chi connectivity index (χ4v) is 2.31. The number of carbonyl (C=O) groups is 2. The molecule has 1 amide bonds. The van der Waals surface area contributed by atoms with Crippen LogP contribution in [0.4, 0.5) is 11.4 Å². The fraction of sp³-hybridized carbons (Fsp3) is 0.222. The van der Waals surface area contributed by atoms with Crippen LogP contribution in [-0.4, -0.2) is 32.2 Å². The Morgan fingerprint density at radius 2 is 1.92 bits per heavy atom. The third kappa shape index (κ3) is 4.80. The molecule has 0 atom stereocenters. The van der Waals surface area contributed by atoms with Crippen molar-refractivity contribution in [2.24, 2.45) is 0 Å². The van der Waals surface area contributed by atoms with Crippen molar-refractivity contribution in [2.75, 3.05) is 31.4 Å². The summed E-state index contributed by atoms with van der Waals surface area (Å²) < 4.78 is 15.5. The van der Waals surface area contributed by atoms with Crippen molar-refractivity contribution < 1.29 is 23.8 Å². The smallest absolute Gasteiger partial charge is 0.342 e. The van der Waals surface area contributed by atoms with Gasteiger partial charge in [-0.2, -0.15) is 0 Å². The standard InChI is InChI=1S/C18H19ClN2O5/c1-3-25-15-7-5-4-6-14(15)21-17(22)10-26-18(23)11-8-12(19)13(20)9-16(11)24-2/h4-9H,3,10,20H2,1-2H3,(H,21,22). The molecular formula is C18H19ClN2O5. The van der Waals surface area contributed by atoms with Crippen LogP contribution in [0.1, 0.15) is 17.3 Å². The molecule has 26 heavy (non-hydrogen) atoms. The molecule has 0 spiro atoms. The predicted molar refractivity (Wildman–Crippen MR) is 98.9 cm³/mol. The highest BCUT2D eigenvalue weighted by molar-refractivity contribution is 6.33. The first-order chi connectivity index (χ1) is 12.5. The zero-order valence-corrected chi connectivity index (χ0v) is 15.1. The number of halogens is 1. The SMILES string of the molecule is CCOc1ccccc1NC(=O)COC(=O)c1cc(Cl)c(N)cc1OC. The zero-order valence-electron chi connectivity index (χ0n) is 14.4. The van der Waals surface area contributed by atoms with Crippen molar-refractivity contribution in [3.05, 3.63) is 47.0 Å². The summed E-state index contributed by atoms with van der Waals surface area (Å²) in [5.41, 5.74) is 6.51. The van der Waals surface area contributed by atoms with Crippen LogP contribution in [0.25, 0.3) is 0 Å². The van der Waals surface area contributed by atoms with Crippen LogP contribution in [0.3, 0.4) is 0 Å². The Kier molecular flexibility index (Phi) is 6.68. The van der Waals surface area contributed by atoms with Crippen molar-refractivity contribution in [2.45, 2.75) is 6.92 Å². The van der Waals surface area contributed by atoms with Gasteiger partial charge in [0.05, 0.1) is 30.1 Å². The number of rotatable bonds is 7.